The van der Waals surface area contributed by atoms with Gasteiger partial charge in [-0.2, -0.15) is 0 Å². The Labute approximate surface area is 167 Å². The number of hydrogen-bond donors (Lipinski definition) is 2. The van der Waals surface area contributed by atoms with E-state index in [9.17, 15) is 9.59 Å². The maximum absolute atomic E-state index is 12.8. The third-order valence-electron chi connectivity index (χ3n) is 5.40. The minimum absolute atomic E-state index is 0.0764. The molecule has 0 spiro atoms. The van der Waals surface area contributed by atoms with Crippen molar-refractivity contribution in [2.45, 2.75) is 45.3 Å². The molecule has 0 radical (unpaired) electrons. The average molecular weight is 380 g/mol. The van der Waals surface area contributed by atoms with Gasteiger partial charge >= 0.3 is 0 Å². The van der Waals surface area contributed by atoms with Gasteiger partial charge < -0.3 is 10.6 Å². The molecule has 2 amide bonds. The Hall–Kier alpha value is -2.66. The van der Waals surface area contributed by atoms with Crippen LogP contribution < -0.4 is 10.6 Å². The lowest BCUT2D eigenvalue weighted by atomic mass is 9.93. The Balaban J connectivity index is 1.69. The second kappa shape index (κ2) is 8.57. The number of aryl methyl sites for hydroxylation is 1. The molecule has 0 aliphatic carbocycles. The monoisotopic (exact) mass is 379 g/mol. The molecular weight excluding hydrogens is 350 g/mol. The van der Waals surface area contributed by atoms with Gasteiger partial charge in [-0.25, -0.2) is 0 Å². The van der Waals surface area contributed by atoms with Gasteiger partial charge in [0.2, 0.25) is 11.8 Å². The summed E-state index contributed by atoms with van der Waals surface area (Å²) in [4.78, 5) is 27.4. The van der Waals surface area contributed by atoms with Crippen molar-refractivity contribution in [2.75, 3.05) is 13.1 Å². The van der Waals surface area contributed by atoms with Crippen LogP contribution in [0.5, 0.6) is 0 Å². The lowest BCUT2D eigenvalue weighted by Crippen LogP contribution is -2.56. The first-order valence-electron chi connectivity index (χ1n) is 9.79. The molecule has 0 bridgehead atoms. The van der Waals surface area contributed by atoms with Crippen LogP contribution in [0, 0.1) is 6.92 Å². The summed E-state index contributed by atoms with van der Waals surface area (Å²) in [5, 5.41) is 5.99. The van der Waals surface area contributed by atoms with Crippen LogP contribution in [0.2, 0.25) is 0 Å². The van der Waals surface area contributed by atoms with Crippen LogP contribution in [-0.4, -0.2) is 35.8 Å². The number of carbonyl (C=O) groups excluding carboxylic acids is 2. The lowest BCUT2D eigenvalue weighted by Gasteiger charge is -2.36. The van der Waals surface area contributed by atoms with Gasteiger partial charge in [-0.3, -0.25) is 14.5 Å². The van der Waals surface area contributed by atoms with Crippen molar-refractivity contribution in [3.05, 3.63) is 71.3 Å². The highest BCUT2D eigenvalue weighted by molar-refractivity contribution is 5.89. The number of nitrogens with zero attached hydrogens (tertiary/aromatic N) is 1. The van der Waals surface area contributed by atoms with Crippen LogP contribution in [0.15, 0.2) is 54.6 Å². The van der Waals surface area contributed by atoms with E-state index in [-0.39, 0.29) is 18.2 Å². The fourth-order valence-corrected chi connectivity index (χ4v) is 3.68. The number of rotatable bonds is 6. The predicted molar refractivity (Wildman–Crippen MR) is 111 cm³/mol. The van der Waals surface area contributed by atoms with Crippen molar-refractivity contribution in [1.82, 2.24) is 15.5 Å². The van der Waals surface area contributed by atoms with Gasteiger partial charge in [0.05, 0.1) is 18.0 Å². The van der Waals surface area contributed by atoms with Crippen LogP contribution in [0.1, 0.15) is 37.0 Å². The van der Waals surface area contributed by atoms with E-state index in [2.05, 4.69) is 34.6 Å². The molecule has 28 heavy (non-hydrogen) atoms. The van der Waals surface area contributed by atoms with Gasteiger partial charge in [0.1, 0.15) is 0 Å². The summed E-state index contributed by atoms with van der Waals surface area (Å²) in [7, 11) is 0. The van der Waals surface area contributed by atoms with E-state index in [1.54, 1.807) is 0 Å². The quantitative estimate of drug-likeness (QED) is 0.811. The van der Waals surface area contributed by atoms with Gasteiger partial charge in [0, 0.05) is 19.6 Å². The second-order valence-corrected chi connectivity index (χ2v) is 7.95. The Morgan fingerprint density at radius 1 is 1.14 bits per heavy atom. The molecular formula is C23H29N3O2. The van der Waals surface area contributed by atoms with Crippen LogP contribution in [-0.2, 0) is 21.7 Å². The minimum atomic E-state index is -0.496. The van der Waals surface area contributed by atoms with E-state index in [1.165, 1.54) is 11.1 Å². The summed E-state index contributed by atoms with van der Waals surface area (Å²) < 4.78 is 0. The molecule has 1 heterocycles. The molecule has 1 aliphatic rings. The Kier molecular flexibility index (Phi) is 6.15. The van der Waals surface area contributed by atoms with E-state index in [0.717, 1.165) is 12.1 Å². The number of carbonyl (C=O) groups is 2. The van der Waals surface area contributed by atoms with Crippen molar-refractivity contribution in [3.8, 4) is 0 Å². The number of piperazine rings is 1. The predicted octanol–water partition coefficient (Wildman–Crippen LogP) is 2.74. The van der Waals surface area contributed by atoms with Crippen molar-refractivity contribution < 1.29 is 9.59 Å². The Bertz CT molecular complexity index is 833. The van der Waals surface area contributed by atoms with Crippen LogP contribution in [0.25, 0.3) is 0 Å². The van der Waals surface area contributed by atoms with E-state index in [1.807, 2.05) is 56.3 Å². The first-order valence-corrected chi connectivity index (χ1v) is 9.79. The molecule has 3 rings (SSSR count). The maximum atomic E-state index is 12.8. The normalized spacial score (nSPS) is 17.8. The van der Waals surface area contributed by atoms with Gasteiger partial charge in [0.15, 0.2) is 0 Å². The van der Waals surface area contributed by atoms with Crippen molar-refractivity contribution in [2.24, 2.45) is 0 Å². The zero-order valence-corrected chi connectivity index (χ0v) is 16.9. The summed E-state index contributed by atoms with van der Waals surface area (Å²) >= 11 is 0. The second-order valence-electron chi connectivity index (χ2n) is 7.95. The highest BCUT2D eigenvalue weighted by Gasteiger charge is 2.33. The standard InChI is InChI=1S/C23H29N3O2/c1-17-9-7-8-10-18(17)16-26-14-13-24-22(28)20(26)15-21(27)25-23(2,3)19-11-5-4-6-12-19/h4-12,20H,13-16H2,1-3H3,(H,24,28)(H,25,27). The zero-order valence-electron chi connectivity index (χ0n) is 16.9. The molecule has 5 heteroatoms. The molecule has 1 atom stereocenters. The third kappa shape index (κ3) is 4.78. The van der Waals surface area contributed by atoms with Crippen LogP contribution >= 0.6 is 0 Å². The maximum Gasteiger partial charge on any atom is 0.237 e. The summed E-state index contributed by atoms with van der Waals surface area (Å²) in [6.45, 7) is 8.04. The van der Waals surface area contributed by atoms with Crippen molar-refractivity contribution >= 4 is 11.8 Å². The SMILES string of the molecule is Cc1ccccc1CN1CCNC(=O)C1CC(=O)NC(C)(C)c1ccccc1. The van der Waals surface area contributed by atoms with Crippen molar-refractivity contribution in [3.63, 3.8) is 0 Å². The molecule has 0 saturated carbocycles. The van der Waals surface area contributed by atoms with E-state index >= 15 is 0 Å². The van der Waals surface area contributed by atoms with Crippen LogP contribution in [0.4, 0.5) is 0 Å². The summed E-state index contributed by atoms with van der Waals surface area (Å²) in [6.07, 6.45) is 0.147. The fraction of sp³-hybridized carbons (Fsp3) is 0.391. The van der Waals surface area contributed by atoms with Crippen LogP contribution in [0.3, 0.4) is 0 Å². The molecule has 1 unspecified atom stereocenters. The molecule has 2 aromatic carbocycles. The summed E-state index contributed by atoms with van der Waals surface area (Å²) in [6, 6.07) is 17.6. The lowest BCUT2D eigenvalue weighted by molar-refractivity contribution is -0.134. The Morgan fingerprint density at radius 2 is 1.82 bits per heavy atom. The molecule has 1 saturated heterocycles. The average Bonchev–Trinajstić information content (AvgIpc) is 2.66. The fourth-order valence-electron chi connectivity index (χ4n) is 3.68. The molecule has 1 fully saturated rings. The number of nitrogens with one attached hydrogen (secondary N) is 2. The number of benzene rings is 2. The van der Waals surface area contributed by atoms with Gasteiger partial charge in [-0.15, -0.1) is 0 Å². The number of hydrogen-bond acceptors (Lipinski definition) is 3. The van der Waals surface area contributed by atoms with Gasteiger partial charge in [-0.1, -0.05) is 54.6 Å². The summed E-state index contributed by atoms with van der Waals surface area (Å²) in [5.41, 5.74) is 2.92. The first kappa shape index (κ1) is 20.1. The highest BCUT2D eigenvalue weighted by Crippen LogP contribution is 2.21. The van der Waals surface area contributed by atoms with Crippen molar-refractivity contribution in [1.29, 1.82) is 0 Å². The van der Waals surface area contributed by atoms with E-state index < -0.39 is 11.6 Å². The molecule has 5 nitrogen and oxygen atoms in total. The van der Waals surface area contributed by atoms with E-state index in [0.29, 0.717) is 13.1 Å². The Morgan fingerprint density at radius 3 is 2.54 bits per heavy atom. The highest BCUT2D eigenvalue weighted by atomic mass is 16.2. The molecule has 2 N–H and O–H groups in total. The van der Waals surface area contributed by atoms with Gasteiger partial charge in [-0.05, 0) is 37.5 Å². The zero-order chi connectivity index (χ0) is 20.1. The molecule has 2 aromatic rings. The largest absolute Gasteiger partial charge is 0.353 e. The number of amides is 2. The van der Waals surface area contributed by atoms with E-state index in [4.69, 9.17) is 0 Å². The minimum Gasteiger partial charge on any atom is -0.353 e. The molecule has 1 aliphatic heterocycles. The molecule has 148 valence electrons. The topological polar surface area (TPSA) is 61.4 Å². The third-order valence-corrected chi connectivity index (χ3v) is 5.40. The van der Waals surface area contributed by atoms with Gasteiger partial charge in [0.25, 0.3) is 0 Å². The summed E-state index contributed by atoms with van der Waals surface area (Å²) in [5.74, 6) is -0.196. The smallest absolute Gasteiger partial charge is 0.237 e. The first-order chi connectivity index (χ1) is 13.4. The molecule has 0 aromatic heterocycles.